The number of phosphoric acid groups is 1. The molecule has 3 unspecified atom stereocenters. The van der Waals surface area contributed by atoms with Crippen LogP contribution in [-0.4, -0.2) is 74.3 Å². The van der Waals surface area contributed by atoms with E-state index in [2.05, 4.69) is 99.0 Å². The summed E-state index contributed by atoms with van der Waals surface area (Å²) in [5, 5.41) is 3.05. The Kier molecular flexibility index (Phi) is 53.5. The highest BCUT2D eigenvalue weighted by atomic mass is 31.2. The number of rotatable bonds is 56. The molecule has 0 aliphatic heterocycles. The highest BCUT2D eigenvalue weighted by Gasteiger charge is 2.30. The number of nitrogens with zero attached hydrogens (tertiary/aromatic N) is 1. The predicted molar refractivity (Wildman–Crippen MR) is 328 cm³/mol. The van der Waals surface area contributed by atoms with Crippen molar-refractivity contribution in [1.29, 1.82) is 0 Å². The minimum atomic E-state index is -4.45. The van der Waals surface area contributed by atoms with Gasteiger partial charge in [-0.2, -0.15) is 0 Å². The molecule has 0 spiro atoms. The van der Waals surface area contributed by atoms with Gasteiger partial charge in [0, 0.05) is 12.8 Å². The summed E-state index contributed by atoms with van der Waals surface area (Å²) >= 11 is 0. The minimum absolute atomic E-state index is 0.0371. The average Bonchev–Trinajstić information content (AvgIpc) is 3.38. The number of unbranched alkanes of at least 4 members (excludes halogenated alkanes) is 28. The highest BCUT2D eigenvalue weighted by Crippen LogP contribution is 2.43. The average molecular weight is 1080 g/mol. The Bertz CT molecular complexity index is 1580. The van der Waals surface area contributed by atoms with Crippen LogP contribution in [0.1, 0.15) is 271 Å². The van der Waals surface area contributed by atoms with Crippen LogP contribution in [0.5, 0.6) is 0 Å². The van der Waals surface area contributed by atoms with Crippen LogP contribution in [-0.2, 0) is 27.9 Å². The Labute approximate surface area is 469 Å². The van der Waals surface area contributed by atoms with Gasteiger partial charge in [0.25, 0.3) is 0 Å². The monoisotopic (exact) mass is 1080 g/mol. The lowest BCUT2D eigenvalue weighted by Gasteiger charge is -2.27. The van der Waals surface area contributed by atoms with Gasteiger partial charge < -0.3 is 19.4 Å². The molecule has 3 atom stereocenters. The molecular weight excluding hydrogens is 964 g/mol. The van der Waals surface area contributed by atoms with Crippen molar-refractivity contribution in [3.63, 3.8) is 0 Å². The Hall–Kier alpha value is -2.81. The standard InChI is InChI=1S/C66H119N2O7P/c1-7-10-13-16-19-22-25-27-28-29-30-31-32-33-34-35-36-37-38-39-40-41-44-47-50-53-56-59-66(70)75-64(57-54-51-48-45-43-26-23-20-17-14-11-8-2)63(62-74-76(71,72)73-61-60-68(4,5)6)67-65(69)58-55-52-49-46-42-24-21-18-15-12-9-3/h10,13,19,22,27-28,30-31,33-34,36-37,54,57,63-64H,7-9,11-12,14-18,20-21,23-26,29,32,35,38-53,55-56,58-62H2,1-6H3,(H-,67,69,71,72)/p+1/b13-10-,22-19-,28-27-,31-30-,34-33-,37-36-,57-54-. The summed E-state index contributed by atoms with van der Waals surface area (Å²) in [4.78, 5) is 37.6. The first kappa shape index (κ1) is 73.2. The van der Waals surface area contributed by atoms with E-state index in [0.29, 0.717) is 17.4 Å². The molecule has 0 aliphatic rings. The zero-order valence-corrected chi connectivity index (χ0v) is 51.1. The molecule has 0 bridgehead atoms. The van der Waals surface area contributed by atoms with Crippen LogP contribution in [0.3, 0.4) is 0 Å². The third-order valence-corrected chi connectivity index (χ3v) is 14.6. The number of likely N-dealkylation sites (N-methyl/N-ethyl adjacent to an activating group) is 1. The fourth-order valence-electron chi connectivity index (χ4n) is 8.77. The molecule has 0 saturated carbocycles. The summed E-state index contributed by atoms with van der Waals surface area (Å²) in [6, 6.07) is -0.852. The summed E-state index contributed by atoms with van der Waals surface area (Å²) in [6.07, 6.45) is 73.0. The Balaban J connectivity index is 5.09. The zero-order valence-electron chi connectivity index (χ0n) is 50.2. The van der Waals surface area contributed by atoms with Gasteiger partial charge in [-0.25, -0.2) is 4.57 Å². The quantitative estimate of drug-likeness (QED) is 0.0205. The van der Waals surface area contributed by atoms with Crippen molar-refractivity contribution in [2.75, 3.05) is 40.9 Å². The molecule has 0 heterocycles. The van der Waals surface area contributed by atoms with E-state index in [9.17, 15) is 19.0 Å². The van der Waals surface area contributed by atoms with Crippen LogP contribution in [0.4, 0.5) is 0 Å². The lowest BCUT2D eigenvalue weighted by atomic mass is 10.0. The maximum absolute atomic E-state index is 13.5. The largest absolute Gasteiger partial charge is 0.472 e. The van der Waals surface area contributed by atoms with Gasteiger partial charge in [0.1, 0.15) is 19.3 Å². The smallest absolute Gasteiger partial charge is 0.456 e. The molecule has 440 valence electrons. The van der Waals surface area contributed by atoms with E-state index in [0.717, 1.165) is 109 Å². The number of ether oxygens (including phenoxy) is 1. The SMILES string of the molecule is CC/C=C\C/C=C\C/C=C\C/C=C\C/C=C\C/C=C\CCCCCCCCCCC(=O)OC(/C=C\CCCCCCCCCCCC)C(COP(=O)(O)OCC[N+](C)(C)C)NC(=O)CCCCCCCCCCCCC. The first-order valence-electron chi connectivity index (χ1n) is 31.4. The number of esters is 1. The molecule has 0 fully saturated rings. The van der Waals surface area contributed by atoms with Crippen LogP contribution >= 0.6 is 7.82 Å². The van der Waals surface area contributed by atoms with Crippen molar-refractivity contribution in [3.05, 3.63) is 85.1 Å². The van der Waals surface area contributed by atoms with Crippen molar-refractivity contribution in [1.82, 2.24) is 5.32 Å². The molecular formula is C66H120N2O7P+. The molecule has 10 heteroatoms. The van der Waals surface area contributed by atoms with E-state index < -0.39 is 20.0 Å². The molecule has 0 saturated heterocycles. The normalized spacial score (nSPS) is 14.2. The summed E-state index contributed by atoms with van der Waals surface area (Å²) < 4.78 is 30.6. The van der Waals surface area contributed by atoms with Crippen LogP contribution in [0.25, 0.3) is 0 Å². The highest BCUT2D eigenvalue weighted by molar-refractivity contribution is 7.47. The number of nitrogens with one attached hydrogen (secondary N) is 1. The molecule has 9 nitrogen and oxygen atoms in total. The summed E-state index contributed by atoms with van der Waals surface area (Å²) in [5.74, 6) is -0.514. The summed E-state index contributed by atoms with van der Waals surface area (Å²) in [5.41, 5.74) is 0. The van der Waals surface area contributed by atoms with Gasteiger partial charge in [-0.3, -0.25) is 18.6 Å². The molecule has 76 heavy (non-hydrogen) atoms. The fraction of sp³-hybridized carbons (Fsp3) is 0.758. The van der Waals surface area contributed by atoms with Gasteiger partial charge in [0.2, 0.25) is 5.91 Å². The number of carbonyl (C=O) groups excluding carboxylic acids is 2. The first-order chi connectivity index (χ1) is 36.9. The molecule has 0 rings (SSSR count). The second-order valence-corrected chi connectivity index (χ2v) is 23.7. The lowest BCUT2D eigenvalue weighted by molar-refractivity contribution is -0.870. The van der Waals surface area contributed by atoms with E-state index in [4.69, 9.17) is 13.8 Å². The van der Waals surface area contributed by atoms with Gasteiger partial charge >= 0.3 is 13.8 Å². The Morgan fingerprint density at radius 1 is 0.474 bits per heavy atom. The lowest BCUT2D eigenvalue weighted by Crippen LogP contribution is -2.47. The van der Waals surface area contributed by atoms with Crippen LogP contribution in [0.2, 0.25) is 0 Å². The van der Waals surface area contributed by atoms with Crippen molar-refractivity contribution in [2.45, 2.75) is 283 Å². The fourth-order valence-corrected chi connectivity index (χ4v) is 9.50. The maximum Gasteiger partial charge on any atom is 0.472 e. The van der Waals surface area contributed by atoms with Crippen molar-refractivity contribution in [3.8, 4) is 0 Å². The predicted octanol–water partition coefficient (Wildman–Crippen LogP) is 19.4. The van der Waals surface area contributed by atoms with Gasteiger partial charge in [-0.05, 0) is 83.1 Å². The maximum atomic E-state index is 13.5. The van der Waals surface area contributed by atoms with E-state index >= 15 is 0 Å². The molecule has 0 aromatic heterocycles. The van der Waals surface area contributed by atoms with E-state index in [-0.39, 0.29) is 31.5 Å². The number of allylic oxidation sites excluding steroid dienone is 13. The number of quaternary nitrogens is 1. The molecule has 1 amide bonds. The summed E-state index contributed by atoms with van der Waals surface area (Å²) in [7, 11) is 1.49. The van der Waals surface area contributed by atoms with E-state index in [1.807, 2.05) is 33.3 Å². The molecule has 0 aromatic rings. The minimum Gasteiger partial charge on any atom is -0.456 e. The summed E-state index contributed by atoms with van der Waals surface area (Å²) in [6.45, 7) is 6.89. The number of phosphoric ester groups is 1. The van der Waals surface area contributed by atoms with Gasteiger partial charge in [-0.1, -0.05) is 260 Å². The van der Waals surface area contributed by atoms with E-state index in [1.165, 1.54) is 128 Å². The van der Waals surface area contributed by atoms with E-state index in [1.54, 1.807) is 0 Å². The number of amides is 1. The number of hydrogen-bond donors (Lipinski definition) is 2. The van der Waals surface area contributed by atoms with Gasteiger partial charge in [-0.15, -0.1) is 0 Å². The Morgan fingerprint density at radius 2 is 0.842 bits per heavy atom. The van der Waals surface area contributed by atoms with Gasteiger partial charge in [0.15, 0.2) is 0 Å². The molecule has 0 aromatic carbocycles. The third-order valence-electron chi connectivity index (χ3n) is 13.6. The van der Waals surface area contributed by atoms with Crippen molar-refractivity contribution in [2.24, 2.45) is 0 Å². The van der Waals surface area contributed by atoms with Crippen molar-refractivity contribution < 1.29 is 37.3 Å². The molecule has 0 radical (unpaired) electrons. The number of hydrogen-bond acceptors (Lipinski definition) is 6. The molecule has 0 aliphatic carbocycles. The third kappa shape index (κ3) is 55.9. The number of carbonyl (C=O) groups is 2. The first-order valence-corrected chi connectivity index (χ1v) is 32.9. The van der Waals surface area contributed by atoms with Crippen LogP contribution < -0.4 is 5.32 Å². The Morgan fingerprint density at radius 3 is 1.26 bits per heavy atom. The molecule has 2 N–H and O–H groups in total. The van der Waals surface area contributed by atoms with Crippen molar-refractivity contribution >= 4 is 19.7 Å². The van der Waals surface area contributed by atoms with Gasteiger partial charge in [0.05, 0.1) is 33.8 Å². The van der Waals surface area contributed by atoms with Crippen LogP contribution in [0.15, 0.2) is 85.1 Å². The van der Waals surface area contributed by atoms with Crippen LogP contribution in [0, 0.1) is 0 Å². The topological polar surface area (TPSA) is 111 Å². The second-order valence-electron chi connectivity index (χ2n) is 22.2. The zero-order chi connectivity index (χ0) is 55.7. The second kappa shape index (κ2) is 55.5.